The minimum atomic E-state index is -3.12. The molecule has 0 aliphatic carbocycles. The van der Waals surface area contributed by atoms with E-state index in [0.29, 0.717) is 0 Å². The topological polar surface area (TPSA) is 73.1 Å². The van der Waals surface area contributed by atoms with Crippen molar-refractivity contribution in [2.75, 3.05) is 6.26 Å². The zero-order valence-corrected chi connectivity index (χ0v) is 7.18. The van der Waals surface area contributed by atoms with E-state index < -0.39 is 9.84 Å². The van der Waals surface area contributed by atoms with Gasteiger partial charge in [-0.1, -0.05) is 0 Å². The van der Waals surface area contributed by atoms with E-state index in [1.165, 1.54) is 0 Å². The second-order valence-electron chi connectivity index (χ2n) is 2.03. The molecule has 1 heterocycles. The zero-order valence-electron chi connectivity index (χ0n) is 5.61. The second-order valence-corrected chi connectivity index (χ2v) is 4.51. The Labute approximate surface area is 68.3 Å². The van der Waals surface area contributed by atoms with Gasteiger partial charge in [-0.05, 0) is 16.8 Å². The number of hydrogen-bond acceptors (Lipinski definition) is 5. The first kappa shape index (κ1) is 8.48. The predicted octanol–water partition coefficient (Wildman–Crippen LogP) is 0.268. The fourth-order valence-electron chi connectivity index (χ4n) is 0.517. The Hall–Kier alpha value is -0.620. The van der Waals surface area contributed by atoms with Crippen LogP contribution >= 0.6 is 11.6 Å². The van der Waals surface area contributed by atoms with Gasteiger partial charge in [-0.2, -0.15) is 4.98 Å². The standard InChI is InChI=1S/C4H5ClN2O3S/c1-11(8,9)2-3-6-4(5)7-10-3/h2H2,1H3. The van der Waals surface area contributed by atoms with E-state index in [1.54, 1.807) is 0 Å². The Morgan fingerprint density at radius 1 is 1.64 bits per heavy atom. The van der Waals surface area contributed by atoms with Crippen LogP contribution in [0, 0.1) is 0 Å². The first-order valence-corrected chi connectivity index (χ1v) is 5.07. The van der Waals surface area contributed by atoms with E-state index >= 15 is 0 Å². The van der Waals surface area contributed by atoms with Crippen molar-refractivity contribution in [1.82, 2.24) is 10.1 Å². The highest BCUT2D eigenvalue weighted by molar-refractivity contribution is 7.89. The summed E-state index contributed by atoms with van der Waals surface area (Å²) in [4.78, 5) is 3.50. The molecule has 1 aromatic heterocycles. The summed E-state index contributed by atoms with van der Waals surface area (Å²) in [6.07, 6.45) is 1.07. The summed E-state index contributed by atoms with van der Waals surface area (Å²) in [5, 5.41) is 3.14. The molecule has 62 valence electrons. The van der Waals surface area contributed by atoms with Crippen LogP contribution in [0.5, 0.6) is 0 Å². The van der Waals surface area contributed by atoms with Crippen molar-refractivity contribution in [3.05, 3.63) is 11.2 Å². The van der Waals surface area contributed by atoms with Gasteiger partial charge in [0.1, 0.15) is 5.75 Å². The maximum absolute atomic E-state index is 10.6. The first-order chi connectivity index (χ1) is 4.97. The maximum Gasteiger partial charge on any atom is 0.263 e. The SMILES string of the molecule is CS(=O)(=O)Cc1nc(Cl)no1. The molecule has 7 heteroatoms. The van der Waals surface area contributed by atoms with Crippen molar-refractivity contribution in [3.63, 3.8) is 0 Å². The molecule has 0 aliphatic rings. The van der Waals surface area contributed by atoms with Crippen LogP contribution in [-0.2, 0) is 15.6 Å². The number of hydrogen-bond donors (Lipinski definition) is 0. The van der Waals surface area contributed by atoms with Gasteiger partial charge in [-0.3, -0.25) is 0 Å². The van der Waals surface area contributed by atoms with E-state index in [4.69, 9.17) is 11.6 Å². The molecule has 0 aliphatic heterocycles. The van der Waals surface area contributed by atoms with Crippen molar-refractivity contribution in [2.45, 2.75) is 5.75 Å². The lowest BCUT2D eigenvalue weighted by Gasteiger charge is -1.87. The van der Waals surface area contributed by atoms with Crippen molar-refractivity contribution in [3.8, 4) is 0 Å². The summed E-state index contributed by atoms with van der Waals surface area (Å²) in [5.74, 6) is -0.260. The van der Waals surface area contributed by atoms with E-state index in [9.17, 15) is 8.42 Å². The average molecular weight is 197 g/mol. The van der Waals surface area contributed by atoms with E-state index in [0.717, 1.165) is 6.26 Å². The monoisotopic (exact) mass is 196 g/mol. The van der Waals surface area contributed by atoms with E-state index in [-0.39, 0.29) is 16.9 Å². The number of rotatable bonds is 2. The van der Waals surface area contributed by atoms with Gasteiger partial charge in [-0.25, -0.2) is 8.42 Å². The molecule has 0 N–H and O–H groups in total. The minimum absolute atomic E-state index is 0.0116. The Bertz CT molecular complexity index is 344. The van der Waals surface area contributed by atoms with Crippen molar-refractivity contribution >= 4 is 21.4 Å². The summed E-state index contributed by atoms with van der Waals surface area (Å²) >= 11 is 5.28. The fourth-order valence-corrected chi connectivity index (χ4v) is 1.21. The summed E-state index contributed by atoms with van der Waals surface area (Å²) < 4.78 is 25.7. The number of halogens is 1. The lowest BCUT2D eigenvalue weighted by molar-refractivity contribution is 0.388. The molecule has 0 radical (unpaired) electrons. The van der Waals surface area contributed by atoms with Gasteiger partial charge < -0.3 is 4.52 Å². The summed E-state index contributed by atoms with van der Waals surface area (Å²) in [6.45, 7) is 0. The Morgan fingerprint density at radius 2 is 2.27 bits per heavy atom. The highest BCUT2D eigenvalue weighted by Crippen LogP contribution is 2.05. The maximum atomic E-state index is 10.6. The van der Waals surface area contributed by atoms with Gasteiger partial charge in [0.05, 0.1) is 0 Å². The lowest BCUT2D eigenvalue weighted by Crippen LogP contribution is -2.00. The largest absolute Gasteiger partial charge is 0.337 e. The van der Waals surface area contributed by atoms with Crippen LogP contribution in [0.3, 0.4) is 0 Å². The van der Waals surface area contributed by atoms with Gasteiger partial charge >= 0.3 is 0 Å². The Kier molecular flexibility index (Phi) is 2.15. The molecule has 0 saturated heterocycles. The summed E-state index contributed by atoms with van der Waals surface area (Å²) in [5.41, 5.74) is 0. The van der Waals surface area contributed by atoms with Crippen LogP contribution < -0.4 is 0 Å². The molecular weight excluding hydrogens is 192 g/mol. The number of nitrogens with zero attached hydrogens (tertiary/aromatic N) is 2. The van der Waals surface area contributed by atoms with Gasteiger partial charge in [0.25, 0.3) is 5.28 Å². The quantitative estimate of drug-likeness (QED) is 0.679. The lowest BCUT2D eigenvalue weighted by atomic mass is 10.8. The third kappa shape index (κ3) is 2.85. The highest BCUT2D eigenvalue weighted by atomic mass is 35.5. The molecule has 0 atom stereocenters. The molecule has 0 fully saturated rings. The molecule has 1 rings (SSSR count). The van der Waals surface area contributed by atoms with Crippen LogP contribution in [0.4, 0.5) is 0 Å². The minimum Gasteiger partial charge on any atom is -0.337 e. The molecule has 5 nitrogen and oxygen atoms in total. The zero-order chi connectivity index (χ0) is 8.48. The average Bonchev–Trinajstić information content (AvgIpc) is 2.10. The molecule has 1 aromatic rings. The van der Waals surface area contributed by atoms with Crippen LogP contribution in [-0.4, -0.2) is 24.8 Å². The number of aromatic nitrogens is 2. The molecule has 0 amide bonds. The highest BCUT2D eigenvalue weighted by Gasteiger charge is 2.10. The first-order valence-electron chi connectivity index (χ1n) is 2.63. The van der Waals surface area contributed by atoms with Crippen LogP contribution in [0.25, 0.3) is 0 Å². The van der Waals surface area contributed by atoms with E-state index in [2.05, 4.69) is 14.7 Å². The third-order valence-electron chi connectivity index (χ3n) is 0.829. The van der Waals surface area contributed by atoms with Gasteiger partial charge in [-0.15, -0.1) is 0 Å². The predicted molar refractivity (Wildman–Crippen MR) is 37.9 cm³/mol. The molecule has 0 saturated carbocycles. The summed E-state index contributed by atoms with van der Waals surface area (Å²) in [6, 6.07) is 0. The molecule has 0 aromatic carbocycles. The molecule has 0 spiro atoms. The van der Waals surface area contributed by atoms with Crippen molar-refractivity contribution in [1.29, 1.82) is 0 Å². The van der Waals surface area contributed by atoms with Crippen LogP contribution in [0.2, 0.25) is 5.28 Å². The molecule has 11 heavy (non-hydrogen) atoms. The second kappa shape index (κ2) is 2.78. The Morgan fingerprint density at radius 3 is 2.64 bits per heavy atom. The molecule has 0 bridgehead atoms. The molecular formula is C4H5ClN2O3S. The van der Waals surface area contributed by atoms with Crippen LogP contribution in [0.15, 0.2) is 4.52 Å². The van der Waals surface area contributed by atoms with Crippen LogP contribution in [0.1, 0.15) is 5.89 Å². The normalized spacial score (nSPS) is 11.8. The van der Waals surface area contributed by atoms with Crippen molar-refractivity contribution < 1.29 is 12.9 Å². The van der Waals surface area contributed by atoms with Gasteiger partial charge in [0, 0.05) is 6.26 Å². The summed E-state index contributed by atoms with van der Waals surface area (Å²) in [7, 11) is -3.12. The van der Waals surface area contributed by atoms with E-state index in [1.807, 2.05) is 0 Å². The number of sulfone groups is 1. The Balaban J connectivity index is 2.81. The van der Waals surface area contributed by atoms with Gasteiger partial charge in [0.15, 0.2) is 9.84 Å². The van der Waals surface area contributed by atoms with Gasteiger partial charge in [0.2, 0.25) is 5.89 Å². The fraction of sp³-hybridized carbons (Fsp3) is 0.500. The third-order valence-corrected chi connectivity index (χ3v) is 1.75. The van der Waals surface area contributed by atoms with Crippen molar-refractivity contribution in [2.24, 2.45) is 0 Å². The smallest absolute Gasteiger partial charge is 0.263 e. The molecule has 0 unspecified atom stereocenters.